The number of ether oxygens (including phenoxy) is 1. The molecule has 0 spiro atoms. The van der Waals surface area contributed by atoms with Crippen LogP contribution in [0.15, 0.2) is 30.6 Å². The van der Waals surface area contributed by atoms with Gasteiger partial charge in [0.25, 0.3) is 0 Å². The van der Waals surface area contributed by atoms with Crippen LogP contribution >= 0.6 is 0 Å². The molecule has 1 aliphatic rings. The number of nitrogens with one attached hydrogen (secondary N) is 1. The Labute approximate surface area is 147 Å². The van der Waals surface area contributed by atoms with E-state index in [9.17, 15) is 13.2 Å². The number of hydrogen-bond acceptors (Lipinski definition) is 5. The molecule has 2 heterocycles. The second-order valence-corrected chi connectivity index (χ2v) is 6.21. The summed E-state index contributed by atoms with van der Waals surface area (Å²) in [7, 11) is 1.56. The van der Waals surface area contributed by atoms with E-state index in [2.05, 4.69) is 20.3 Å². The van der Waals surface area contributed by atoms with Crippen LogP contribution in [-0.2, 0) is 12.7 Å². The Morgan fingerprint density at radius 3 is 2.77 bits per heavy atom. The van der Waals surface area contributed by atoms with Gasteiger partial charge in [-0.15, -0.1) is 0 Å². The number of nitrogens with zero attached hydrogens (tertiary/aromatic N) is 4. The maximum atomic E-state index is 13.2. The van der Waals surface area contributed by atoms with Gasteiger partial charge in [-0.1, -0.05) is 12.1 Å². The molecule has 0 bridgehead atoms. The number of halogens is 3. The zero-order valence-corrected chi connectivity index (χ0v) is 13.9. The summed E-state index contributed by atoms with van der Waals surface area (Å²) in [5.74, 6) is -0.358. The van der Waals surface area contributed by atoms with E-state index >= 15 is 0 Å². The quantitative estimate of drug-likeness (QED) is 0.752. The molecule has 136 valence electrons. The van der Waals surface area contributed by atoms with Crippen LogP contribution in [0.5, 0.6) is 5.75 Å². The fourth-order valence-corrected chi connectivity index (χ4v) is 2.68. The summed E-state index contributed by atoms with van der Waals surface area (Å²) < 4.78 is 46.4. The van der Waals surface area contributed by atoms with Crippen LogP contribution in [0, 0.1) is 0 Å². The van der Waals surface area contributed by atoms with Crippen molar-refractivity contribution >= 4 is 17.0 Å². The monoisotopic (exact) mass is 363 g/mol. The van der Waals surface area contributed by atoms with Gasteiger partial charge in [-0.05, 0) is 30.5 Å². The molecule has 0 unspecified atom stereocenters. The number of benzene rings is 1. The van der Waals surface area contributed by atoms with Gasteiger partial charge in [-0.2, -0.15) is 13.2 Å². The van der Waals surface area contributed by atoms with Gasteiger partial charge in [0, 0.05) is 6.04 Å². The van der Waals surface area contributed by atoms with E-state index in [1.165, 1.54) is 6.33 Å². The number of alkyl halides is 3. The Morgan fingerprint density at radius 1 is 1.27 bits per heavy atom. The molecule has 1 N–H and O–H groups in total. The third-order valence-corrected chi connectivity index (χ3v) is 4.12. The van der Waals surface area contributed by atoms with E-state index in [0.717, 1.165) is 18.4 Å². The van der Waals surface area contributed by atoms with Crippen molar-refractivity contribution in [3.8, 4) is 5.75 Å². The molecule has 9 heteroatoms. The lowest BCUT2D eigenvalue weighted by Crippen LogP contribution is -2.15. The molecule has 6 nitrogen and oxygen atoms in total. The lowest BCUT2D eigenvalue weighted by Gasteiger charge is -2.11. The summed E-state index contributed by atoms with van der Waals surface area (Å²) in [6.07, 6.45) is -1.31. The molecule has 3 aromatic rings. The number of anilines is 1. The minimum Gasteiger partial charge on any atom is -0.497 e. The van der Waals surface area contributed by atoms with Crippen LogP contribution < -0.4 is 10.1 Å². The van der Waals surface area contributed by atoms with Gasteiger partial charge in [0.15, 0.2) is 11.5 Å². The number of imidazole rings is 1. The second kappa shape index (κ2) is 6.15. The lowest BCUT2D eigenvalue weighted by atomic mass is 10.2. The largest absolute Gasteiger partial charge is 0.497 e. The average molecular weight is 363 g/mol. The molecule has 0 radical (unpaired) electrons. The summed E-state index contributed by atoms with van der Waals surface area (Å²) in [5, 5.41) is 3.02. The molecule has 4 rings (SSSR count). The number of hydrogen-bond donors (Lipinski definition) is 1. The number of rotatable bonds is 5. The van der Waals surface area contributed by atoms with Crippen LogP contribution in [0.1, 0.15) is 24.2 Å². The first-order valence-electron chi connectivity index (χ1n) is 8.13. The number of aromatic nitrogens is 4. The first kappa shape index (κ1) is 16.6. The molecule has 1 saturated carbocycles. The molecule has 0 amide bonds. The summed E-state index contributed by atoms with van der Waals surface area (Å²) in [6.45, 7) is 0.324. The topological polar surface area (TPSA) is 64.9 Å². The minimum absolute atomic E-state index is 0.134. The Hall–Kier alpha value is -2.84. The first-order valence-corrected chi connectivity index (χ1v) is 8.13. The molecule has 1 fully saturated rings. The van der Waals surface area contributed by atoms with Crippen molar-refractivity contribution in [1.29, 1.82) is 0 Å². The summed E-state index contributed by atoms with van der Waals surface area (Å²) in [4.78, 5) is 11.6. The van der Waals surface area contributed by atoms with Crippen LogP contribution in [0.2, 0.25) is 0 Å². The zero-order valence-electron chi connectivity index (χ0n) is 13.9. The lowest BCUT2D eigenvalue weighted by molar-refractivity contribution is -0.144. The highest BCUT2D eigenvalue weighted by Gasteiger charge is 2.37. The smallest absolute Gasteiger partial charge is 0.451 e. The maximum absolute atomic E-state index is 13.2. The van der Waals surface area contributed by atoms with Crippen molar-refractivity contribution in [2.45, 2.75) is 31.6 Å². The molecule has 1 aromatic carbocycles. The molecule has 1 aliphatic carbocycles. The van der Waals surface area contributed by atoms with Crippen LogP contribution in [0.3, 0.4) is 0 Å². The minimum atomic E-state index is -4.63. The van der Waals surface area contributed by atoms with Gasteiger partial charge in [0.2, 0.25) is 5.82 Å². The highest BCUT2D eigenvalue weighted by molar-refractivity contribution is 5.83. The van der Waals surface area contributed by atoms with Crippen molar-refractivity contribution in [3.63, 3.8) is 0 Å². The fraction of sp³-hybridized carbons (Fsp3) is 0.353. The van der Waals surface area contributed by atoms with E-state index in [1.54, 1.807) is 17.7 Å². The van der Waals surface area contributed by atoms with Crippen molar-refractivity contribution in [2.75, 3.05) is 12.4 Å². The molecule has 0 atom stereocenters. The van der Waals surface area contributed by atoms with Crippen molar-refractivity contribution in [2.24, 2.45) is 0 Å². The van der Waals surface area contributed by atoms with Gasteiger partial charge in [-0.25, -0.2) is 15.0 Å². The van der Waals surface area contributed by atoms with Crippen molar-refractivity contribution in [1.82, 2.24) is 19.5 Å². The summed E-state index contributed by atoms with van der Waals surface area (Å²) in [6, 6.07) is 7.46. The normalized spacial score (nSPS) is 14.6. The second-order valence-electron chi connectivity index (χ2n) is 6.21. The van der Waals surface area contributed by atoms with Crippen molar-refractivity contribution < 1.29 is 17.9 Å². The predicted molar refractivity (Wildman–Crippen MR) is 89.1 cm³/mol. The van der Waals surface area contributed by atoms with Gasteiger partial charge in [0.05, 0.1) is 20.0 Å². The summed E-state index contributed by atoms with van der Waals surface area (Å²) >= 11 is 0. The van der Waals surface area contributed by atoms with Crippen LogP contribution in [-0.4, -0.2) is 32.7 Å². The molecular formula is C17H16F3N5O. The van der Waals surface area contributed by atoms with E-state index < -0.39 is 12.0 Å². The van der Waals surface area contributed by atoms with E-state index in [0.29, 0.717) is 17.8 Å². The maximum Gasteiger partial charge on any atom is 0.451 e. The van der Waals surface area contributed by atoms with E-state index in [1.807, 2.05) is 18.2 Å². The van der Waals surface area contributed by atoms with E-state index in [4.69, 9.17) is 4.74 Å². The van der Waals surface area contributed by atoms with Gasteiger partial charge in [-0.3, -0.25) is 0 Å². The van der Waals surface area contributed by atoms with Crippen LogP contribution in [0.25, 0.3) is 11.2 Å². The Kier molecular flexibility index (Phi) is 3.93. The molecule has 2 aromatic heterocycles. The molecular weight excluding hydrogens is 347 g/mol. The van der Waals surface area contributed by atoms with Crippen molar-refractivity contribution in [3.05, 3.63) is 42.0 Å². The Bertz CT molecular complexity index is 949. The SMILES string of the molecule is COc1cccc(Cn2cnc3c(NC4CC4)nc(C(F)(F)F)nc32)c1. The highest BCUT2D eigenvalue weighted by Crippen LogP contribution is 2.32. The van der Waals surface area contributed by atoms with Crippen LogP contribution in [0.4, 0.5) is 19.0 Å². The van der Waals surface area contributed by atoms with E-state index in [-0.39, 0.29) is 17.5 Å². The van der Waals surface area contributed by atoms with Gasteiger partial charge < -0.3 is 14.6 Å². The molecule has 0 saturated heterocycles. The summed E-state index contributed by atoms with van der Waals surface area (Å²) in [5.41, 5.74) is 1.36. The van der Waals surface area contributed by atoms with Gasteiger partial charge in [0.1, 0.15) is 11.3 Å². The number of fused-ring (bicyclic) bond motifs is 1. The highest BCUT2D eigenvalue weighted by atomic mass is 19.4. The van der Waals surface area contributed by atoms with Gasteiger partial charge >= 0.3 is 6.18 Å². The molecule has 26 heavy (non-hydrogen) atoms. The Morgan fingerprint density at radius 2 is 2.08 bits per heavy atom. The standard InChI is InChI=1S/C17H16F3N5O/c1-26-12-4-2-3-10(7-12)8-25-9-21-13-14(22-11-5-6-11)23-16(17(18,19)20)24-15(13)25/h2-4,7,9,11H,5-6,8H2,1H3,(H,22,23,24). The fourth-order valence-electron chi connectivity index (χ4n) is 2.68. The Balaban J connectivity index is 1.77. The third kappa shape index (κ3) is 3.29. The first-order chi connectivity index (χ1) is 12.4. The average Bonchev–Trinajstić information content (AvgIpc) is 3.33. The third-order valence-electron chi connectivity index (χ3n) is 4.12. The predicted octanol–water partition coefficient (Wildman–Crippen LogP) is 3.48. The molecule has 0 aliphatic heterocycles. The number of methoxy groups -OCH3 is 1. The zero-order chi connectivity index (χ0) is 18.3.